The molecule has 0 spiro atoms. The average Bonchev–Trinajstić information content (AvgIpc) is 3.13. The van der Waals surface area contributed by atoms with Crippen LogP contribution in [0, 0.1) is 5.92 Å². The summed E-state index contributed by atoms with van der Waals surface area (Å²) in [6, 6.07) is 18.9. The Morgan fingerprint density at radius 1 is 1.06 bits per heavy atom. The Balaban J connectivity index is 1.45. The van der Waals surface area contributed by atoms with Crippen LogP contribution in [0.25, 0.3) is 10.9 Å². The van der Waals surface area contributed by atoms with Crippen molar-refractivity contribution < 1.29 is 4.79 Å². The predicted octanol–water partition coefficient (Wildman–Crippen LogP) is 5.47. The first-order valence-corrected chi connectivity index (χ1v) is 11.8. The van der Waals surface area contributed by atoms with Crippen molar-refractivity contribution >= 4 is 28.4 Å². The number of hydrogen-bond donors (Lipinski definition) is 1. The van der Waals surface area contributed by atoms with Crippen LogP contribution in [0.1, 0.15) is 43.9 Å². The summed E-state index contributed by atoms with van der Waals surface area (Å²) in [6.45, 7) is 6.52. The van der Waals surface area contributed by atoms with E-state index in [1.807, 2.05) is 18.2 Å². The molecule has 1 N–H and O–H groups in total. The number of piperidine rings is 1. The Hall–Kier alpha value is -2.30. The number of halogens is 1. The van der Waals surface area contributed by atoms with E-state index >= 15 is 0 Å². The molecular weight excluding hydrogens is 406 g/mol. The first-order chi connectivity index (χ1) is 15.2. The molecule has 2 aromatic carbocycles. The number of rotatable bonds is 8. The molecule has 0 bridgehead atoms. The van der Waals surface area contributed by atoms with Gasteiger partial charge in [-0.15, -0.1) is 0 Å². The Morgan fingerprint density at radius 2 is 1.81 bits per heavy atom. The molecule has 1 fully saturated rings. The summed E-state index contributed by atoms with van der Waals surface area (Å²) in [5.74, 6) is 0.392. The van der Waals surface area contributed by atoms with Gasteiger partial charge in [0.05, 0.1) is 0 Å². The van der Waals surface area contributed by atoms with Crippen molar-refractivity contribution in [2.24, 2.45) is 5.92 Å². The van der Waals surface area contributed by atoms with Crippen molar-refractivity contribution in [3.05, 3.63) is 70.9 Å². The highest BCUT2D eigenvalue weighted by Gasteiger charge is 2.25. The van der Waals surface area contributed by atoms with Gasteiger partial charge in [-0.3, -0.25) is 9.69 Å². The van der Waals surface area contributed by atoms with Gasteiger partial charge in [-0.1, -0.05) is 61.3 Å². The Labute approximate surface area is 190 Å². The summed E-state index contributed by atoms with van der Waals surface area (Å²) in [7, 11) is 0. The van der Waals surface area contributed by atoms with E-state index in [0.717, 1.165) is 69.0 Å². The molecule has 4 nitrogen and oxygen atoms in total. The van der Waals surface area contributed by atoms with Crippen LogP contribution in [0.4, 0.5) is 0 Å². The summed E-state index contributed by atoms with van der Waals surface area (Å²) in [5, 5.41) is 5.17. The Kier molecular flexibility index (Phi) is 7.31. The molecule has 1 aliphatic rings. The van der Waals surface area contributed by atoms with Gasteiger partial charge in [0.2, 0.25) is 5.91 Å². The van der Waals surface area contributed by atoms with Crippen LogP contribution in [0.15, 0.2) is 54.6 Å². The van der Waals surface area contributed by atoms with E-state index in [1.54, 1.807) is 0 Å². The van der Waals surface area contributed by atoms with Crippen molar-refractivity contribution in [2.45, 2.75) is 45.7 Å². The number of aromatic nitrogens is 1. The van der Waals surface area contributed by atoms with E-state index < -0.39 is 0 Å². The molecule has 4 rings (SSSR count). The van der Waals surface area contributed by atoms with Crippen LogP contribution in [0.3, 0.4) is 0 Å². The van der Waals surface area contributed by atoms with Crippen molar-refractivity contribution in [3.8, 4) is 0 Å². The predicted molar refractivity (Wildman–Crippen MR) is 128 cm³/mol. The van der Waals surface area contributed by atoms with E-state index in [9.17, 15) is 4.79 Å². The van der Waals surface area contributed by atoms with Gasteiger partial charge in [0, 0.05) is 41.8 Å². The van der Waals surface area contributed by atoms with Crippen molar-refractivity contribution in [1.82, 2.24) is 14.8 Å². The summed E-state index contributed by atoms with van der Waals surface area (Å²) in [6.07, 6.45) is 4.03. The summed E-state index contributed by atoms with van der Waals surface area (Å²) >= 11 is 6.47. The van der Waals surface area contributed by atoms with Gasteiger partial charge >= 0.3 is 0 Å². The third-order valence-electron chi connectivity index (χ3n) is 6.36. The number of amides is 1. The van der Waals surface area contributed by atoms with Gasteiger partial charge in [0.15, 0.2) is 0 Å². The standard InChI is InChI=1S/C26H32ClN3O/c1-2-3-14-28-26(31)20-12-15-29(16-13-20)19-23-17-21-8-5-7-11-25(21)30(23)18-22-9-4-6-10-24(22)27/h4-11,17,20H,2-3,12-16,18-19H2,1H3,(H,28,31). The number of fused-ring (bicyclic) bond motifs is 1. The van der Waals surface area contributed by atoms with Crippen LogP contribution >= 0.6 is 11.6 Å². The fourth-order valence-electron chi connectivity index (χ4n) is 4.50. The van der Waals surface area contributed by atoms with E-state index in [0.29, 0.717) is 0 Å². The van der Waals surface area contributed by atoms with Gasteiger partial charge in [-0.25, -0.2) is 0 Å². The minimum atomic E-state index is 0.155. The second kappa shape index (κ2) is 10.3. The van der Waals surface area contributed by atoms with Crippen molar-refractivity contribution in [3.63, 3.8) is 0 Å². The number of hydrogen-bond acceptors (Lipinski definition) is 2. The Morgan fingerprint density at radius 3 is 2.58 bits per heavy atom. The van der Waals surface area contributed by atoms with Crippen molar-refractivity contribution in [1.29, 1.82) is 0 Å². The van der Waals surface area contributed by atoms with E-state index in [4.69, 9.17) is 11.6 Å². The van der Waals surface area contributed by atoms with E-state index in [2.05, 4.69) is 58.1 Å². The molecule has 1 aliphatic heterocycles. The molecule has 0 atom stereocenters. The molecule has 1 amide bonds. The second-order valence-electron chi connectivity index (χ2n) is 8.57. The monoisotopic (exact) mass is 437 g/mol. The highest BCUT2D eigenvalue weighted by atomic mass is 35.5. The molecule has 0 radical (unpaired) electrons. The third-order valence-corrected chi connectivity index (χ3v) is 6.72. The van der Waals surface area contributed by atoms with Crippen LogP contribution in [0.5, 0.6) is 0 Å². The zero-order valence-corrected chi connectivity index (χ0v) is 19.1. The fourth-order valence-corrected chi connectivity index (χ4v) is 4.69. The number of nitrogens with zero attached hydrogens (tertiary/aromatic N) is 2. The number of nitrogens with one attached hydrogen (secondary N) is 1. The maximum atomic E-state index is 12.4. The number of benzene rings is 2. The molecule has 1 saturated heterocycles. The molecule has 31 heavy (non-hydrogen) atoms. The fraction of sp³-hybridized carbons (Fsp3) is 0.423. The second-order valence-corrected chi connectivity index (χ2v) is 8.97. The minimum Gasteiger partial charge on any atom is -0.356 e. The summed E-state index contributed by atoms with van der Waals surface area (Å²) in [5.41, 5.74) is 3.67. The van der Waals surface area contributed by atoms with Gasteiger partial charge in [0.1, 0.15) is 0 Å². The van der Waals surface area contributed by atoms with Crippen molar-refractivity contribution in [2.75, 3.05) is 19.6 Å². The smallest absolute Gasteiger partial charge is 0.223 e. The molecule has 0 saturated carbocycles. The quantitative estimate of drug-likeness (QED) is 0.474. The summed E-state index contributed by atoms with van der Waals surface area (Å²) < 4.78 is 2.39. The minimum absolute atomic E-state index is 0.155. The molecule has 5 heteroatoms. The molecule has 164 valence electrons. The Bertz CT molecular complexity index is 1020. The van der Waals surface area contributed by atoms with Crippen LogP contribution in [-0.2, 0) is 17.9 Å². The number of carbonyl (C=O) groups is 1. The maximum Gasteiger partial charge on any atom is 0.223 e. The number of carbonyl (C=O) groups excluding carboxylic acids is 1. The van der Waals surface area contributed by atoms with E-state index in [1.165, 1.54) is 16.6 Å². The molecule has 3 aromatic rings. The lowest BCUT2D eigenvalue weighted by molar-refractivity contribution is -0.126. The lowest BCUT2D eigenvalue weighted by atomic mass is 9.95. The number of likely N-dealkylation sites (tertiary alicyclic amines) is 1. The topological polar surface area (TPSA) is 37.3 Å². The average molecular weight is 438 g/mol. The lowest BCUT2D eigenvalue weighted by Crippen LogP contribution is -2.40. The third kappa shape index (κ3) is 5.31. The number of para-hydroxylation sites is 1. The SMILES string of the molecule is CCCCNC(=O)C1CCN(Cc2cc3ccccc3n2Cc2ccccc2Cl)CC1. The number of unbranched alkanes of at least 4 members (excludes halogenated alkanes) is 1. The van der Waals surface area contributed by atoms with Gasteiger partial charge in [-0.05, 0) is 61.5 Å². The van der Waals surface area contributed by atoms with Crippen LogP contribution < -0.4 is 5.32 Å². The molecule has 1 aromatic heterocycles. The molecule has 0 unspecified atom stereocenters. The zero-order valence-electron chi connectivity index (χ0n) is 18.3. The maximum absolute atomic E-state index is 12.4. The molecule has 0 aliphatic carbocycles. The van der Waals surface area contributed by atoms with Gasteiger partial charge < -0.3 is 9.88 Å². The highest BCUT2D eigenvalue weighted by Crippen LogP contribution is 2.26. The highest BCUT2D eigenvalue weighted by molar-refractivity contribution is 6.31. The van der Waals surface area contributed by atoms with Gasteiger partial charge in [0.25, 0.3) is 0 Å². The van der Waals surface area contributed by atoms with Crippen LogP contribution in [-0.4, -0.2) is 35.0 Å². The first kappa shape index (κ1) is 21.9. The molecule has 2 heterocycles. The zero-order chi connectivity index (χ0) is 21.6. The molecular formula is C26H32ClN3O. The lowest BCUT2D eigenvalue weighted by Gasteiger charge is -2.31. The van der Waals surface area contributed by atoms with Gasteiger partial charge in [-0.2, -0.15) is 0 Å². The largest absolute Gasteiger partial charge is 0.356 e. The normalized spacial score (nSPS) is 15.4. The van der Waals surface area contributed by atoms with E-state index in [-0.39, 0.29) is 11.8 Å². The first-order valence-electron chi connectivity index (χ1n) is 11.5. The van der Waals surface area contributed by atoms with Crippen LogP contribution in [0.2, 0.25) is 5.02 Å². The summed E-state index contributed by atoms with van der Waals surface area (Å²) in [4.78, 5) is 14.9.